The molecule has 0 saturated carbocycles. The molecule has 2 amide bonds. The average Bonchev–Trinajstić information content (AvgIpc) is 3.57. The number of carbonyl (C=O) groups is 3. The Morgan fingerprint density at radius 3 is 2.47 bits per heavy atom. The third-order valence-electron chi connectivity index (χ3n) is 6.12. The molecule has 0 spiro atoms. The maximum atomic E-state index is 14.8. The number of nitrogens with one attached hydrogen (secondary N) is 2. The molecule has 11 heteroatoms. The number of benzene rings is 2. The summed E-state index contributed by atoms with van der Waals surface area (Å²) in [5.41, 5.74) is 1.16. The zero-order valence-electron chi connectivity index (χ0n) is 19.0. The number of halogens is 1. The third-order valence-corrected chi connectivity index (χ3v) is 6.12. The zero-order chi connectivity index (χ0) is 25.2. The van der Waals surface area contributed by atoms with Crippen LogP contribution in [-0.4, -0.2) is 73.7 Å². The molecule has 2 N–H and O–H groups in total. The van der Waals surface area contributed by atoms with E-state index in [0.717, 1.165) is 0 Å². The first-order chi connectivity index (χ1) is 17.5. The van der Waals surface area contributed by atoms with Crippen LogP contribution in [0.4, 0.5) is 4.39 Å². The van der Waals surface area contributed by atoms with E-state index < -0.39 is 17.5 Å². The summed E-state index contributed by atoms with van der Waals surface area (Å²) in [6, 6.07) is 13.5. The average molecular weight is 485 g/mol. The number of ketones is 1. The van der Waals surface area contributed by atoms with Gasteiger partial charge in [0, 0.05) is 48.9 Å². The molecule has 0 aliphatic carbocycles. The molecule has 1 aliphatic heterocycles. The minimum Gasteiger partial charge on any atom is -0.360 e. The molecule has 180 valence electrons. The largest absolute Gasteiger partial charge is 0.360 e. The van der Waals surface area contributed by atoms with Crippen molar-refractivity contribution in [3.63, 3.8) is 0 Å². The number of aromatic amines is 2. The van der Waals surface area contributed by atoms with Crippen LogP contribution in [0.2, 0.25) is 0 Å². The van der Waals surface area contributed by atoms with Crippen LogP contribution in [-0.2, 0) is 11.2 Å². The minimum absolute atomic E-state index is 0.0321. The van der Waals surface area contributed by atoms with Crippen molar-refractivity contribution in [2.75, 3.05) is 26.2 Å². The fraction of sp³-hybridized carbons (Fsp3) is 0.200. The first-order valence-corrected chi connectivity index (χ1v) is 11.2. The van der Waals surface area contributed by atoms with Crippen molar-refractivity contribution in [3.8, 4) is 17.5 Å². The molecule has 0 radical (unpaired) electrons. The Balaban J connectivity index is 1.34. The fourth-order valence-electron chi connectivity index (χ4n) is 4.28. The first-order valence-electron chi connectivity index (χ1n) is 11.2. The Morgan fingerprint density at radius 1 is 1.03 bits per heavy atom. The standard InChI is InChI=1S/C25H20FN7O3/c26-18-7-6-16(23-29-19(8-9-27)30-31-23)21-20(18)17(14-28-21)22(34)25(36)33-12-10-32(11-13-33)24(35)15-4-2-1-3-5-15/h1-7,14,28H,8,10-13H2,(H,29,30,31). The number of nitriles is 1. The molecule has 1 fully saturated rings. The summed E-state index contributed by atoms with van der Waals surface area (Å²) in [5.74, 6) is -1.83. The Kier molecular flexibility index (Phi) is 6.00. The normalized spacial score (nSPS) is 13.6. The third kappa shape index (κ3) is 4.09. The lowest BCUT2D eigenvalue weighted by atomic mass is 10.0. The Labute approximate surface area is 204 Å². The second kappa shape index (κ2) is 9.42. The SMILES string of the molecule is N#CCc1nc(-c2ccc(F)c3c(C(=O)C(=O)N4CCN(C(=O)c5ccccc5)CC4)c[nH]c23)n[nH]1. The number of carbonyl (C=O) groups excluding carboxylic acids is 3. The molecule has 2 aromatic heterocycles. The van der Waals surface area contributed by atoms with E-state index in [4.69, 9.17) is 5.26 Å². The van der Waals surface area contributed by atoms with Gasteiger partial charge in [0.15, 0.2) is 5.82 Å². The number of piperazine rings is 1. The second-order valence-corrected chi connectivity index (χ2v) is 8.27. The van der Waals surface area contributed by atoms with Crippen molar-refractivity contribution in [2.24, 2.45) is 0 Å². The van der Waals surface area contributed by atoms with Crippen molar-refractivity contribution in [2.45, 2.75) is 6.42 Å². The van der Waals surface area contributed by atoms with E-state index in [1.54, 1.807) is 29.2 Å². The number of Topliss-reactive ketones (excluding diaryl/α,β-unsaturated/α-hetero) is 1. The van der Waals surface area contributed by atoms with Gasteiger partial charge in [-0.2, -0.15) is 10.4 Å². The van der Waals surface area contributed by atoms with Gasteiger partial charge in [-0.25, -0.2) is 9.37 Å². The molecule has 0 unspecified atom stereocenters. The topological polar surface area (TPSA) is 139 Å². The number of aromatic nitrogens is 4. The van der Waals surface area contributed by atoms with Crippen LogP contribution >= 0.6 is 0 Å². The number of fused-ring (bicyclic) bond motifs is 1. The van der Waals surface area contributed by atoms with E-state index in [1.807, 2.05) is 12.1 Å². The Bertz CT molecular complexity index is 1510. The van der Waals surface area contributed by atoms with Gasteiger partial charge in [0.25, 0.3) is 17.6 Å². The van der Waals surface area contributed by atoms with E-state index in [1.165, 1.54) is 23.2 Å². The molecule has 0 bridgehead atoms. The van der Waals surface area contributed by atoms with Gasteiger partial charge in [-0.1, -0.05) is 18.2 Å². The van der Waals surface area contributed by atoms with Crippen LogP contribution in [0.1, 0.15) is 26.5 Å². The lowest BCUT2D eigenvalue weighted by Gasteiger charge is -2.34. The Hall–Kier alpha value is -4.85. The lowest BCUT2D eigenvalue weighted by Crippen LogP contribution is -2.52. The summed E-state index contributed by atoms with van der Waals surface area (Å²) in [6.07, 6.45) is 1.33. The van der Waals surface area contributed by atoms with Crippen LogP contribution < -0.4 is 0 Å². The number of hydrogen-bond donors (Lipinski definition) is 2. The van der Waals surface area contributed by atoms with E-state index in [-0.39, 0.29) is 60.8 Å². The summed E-state index contributed by atoms with van der Waals surface area (Å²) >= 11 is 0. The summed E-state index contributed by atoms with van der Waals surface area (Å²) < 4.78 is 14.8. The van der Waals surface area contributed by atoms with E-state index in [2.05, 4.69) is 20.2 Å². The molecule has 10 nitrogen and oxygen atoms in total. The molecular formula is C25H20FN7O3. The summed E-state index contributed by atoms with van der Waals surface area (Å²) in [6.45, 7) is 0.959. The summed E-state index contributed by atoms with van der Waals surface area (Å²) in [4.78, 5) is 48.9. The lowest BCUT2D eigenvalue weighted by molar-refractivity contribution is -0.127. The highest BCUT2D eigenvalue weighted by Gasteiger charge is 2.31. The second-order valence-electron chi connectivity index (χ2n) is 8.27. The number of H-pyrrole nitrogens is 2. The smallest absolute Gasteiger partial charge is 0.295 e. The number of hydrogen-bond acceptors (Lipinski definition) is 6. The first kappa shape index (κ1) is 22.9. The molecular weight excluding hydrogens is 465 g/mol. The van der Waals surface area contributed by atoms with Gasteiger partial charge in [0.05, 0.1) is 23.6 Å². The van der Waals surface area contributed by atoms with Gasteiger partial charge < -0.3 is 14.8 Å². The van der Waals surface area contributed by atoms with E-state index in [0.29, 0.717) is 17.0 Å². The number of rotatable bonds is 5. The minimum atomic E-state index is -0.847. The molecule has 4 aromatic rings. The van der Waals surface area contributed by atoms with Gasteiger partial charge in [-0.3, -0.25) is 19.5 Å². The van der Waals surface area contributed by atoms with Gasteiger partial charge in [-0.15, -0.1) is 0 Å². The predicted molar refractivity (Wildman–Crippen MR) is 126 cm³/mol. The van der Waals surface area contributed by atoms with Gasteiger partial charge >= 0.3 is 0 Å². The van der Waals surface area contributed by atoms with Gasteiger partial charge in [-0.05, 0) is 24.3 Å². The fourth-order valence-corrected chi connectivity index (χ4v) is 4.28. The van der Waals surface area contributed by atoms with Crippen LogP contribution in [0.25, 0.3) is 22.3 Å². The zero-order valence-corrected chi connectivity index (χ0v) is 19.0. The molecule has 1 aliphatic rings. The van der Waals surface area contributed by atoms with Crippen molar-refractivity contribution < 1.29 is 18.8 Å². The van der Waals surface area contributed by atoms with Gasteiger partial charge in [0.2, 0.25) is 0 Å². The van der Waals surface area contributed by atoms with Crippen LogP contribution in [0.15, 0.2) is 48.7 Å². The van der Waals surface area contributed by atoms with Crippen LogP contribution in [0.5, 0.6) is 0 Å². The van der Waals surface area contributed by atoms with Crippen molar-refractivity contribution in [1.29, 1.82) is 5.26 Å². The van der Waals surface area contributed by atoms with E-state index >= 15 is 0 Å². The quantitative estimate of drug-likeness (QED) is 0.329. The summed E-state index contributed by atoms with van der Waals surface area (Å²) in [5, 5.41) is 15.5. The highest BCUT2D eigenvalue weighted by molar-refractivity contribution is 6.45. The van der Waals surface area contributed by atoms with Crippen LogP contribution in [0, 0.1) is 17.1 Å². The molecule has 3 heterocycles. The Morgan fingerprint density at radius 2 is 1.75 bits per heavy atom. The molecule has 5 rings (SSSR count). The highest BCUT2D eigenvalue weighted by atomic mass is 19.1. The highest BCUT2D eigenvalue weighted by Crippen LogP contribution is 2.30. The molecule has 0 atom stereocenters. The monoisotopic (exact) mass is 485 g/mol. The number of nitrogens with zero attached hydrogens (tertiary/aromatic N) is 5. The van der Waals surface area contributed by atoms with Crippen LogP contribution in [0.3, 0.4) is 0 Å². The molecule has 2 aromatic carbocycles. The van der Waals surface area contributed by atoms with Gasteiger partial charge in [0.1, 0.15) is 11.6 Å². The number of amides is 2. The maximum Gasteiger partial charge on any atom is 0.295 e. The van der Waals surface area contributed by atoms with Crippen molar-refractivity contribution >= 4 is 28.5 Å². The molecule has 36 heavy (non-hydrogen) atoms. The molecule has 1 saturated heterocycles. The van der Waals surface area contributed by atoms with E-state index in [9.17, 15) is 18.8 Å². The predicted octanol–water partition coefficient (Wildman–Crippen LogP) is 2.33. The van der Waals surface area contributed by atoms with Crippen molar-refractivity contribution in [1.82, 2.24) is 30.0 Å². The van der Waals surface area contributed by atoms with Crippen molar-refractivity contribution in [3.05, 3.63) is 71.4 Å². The maximum absolute atomic E-state index is 14.8. The summed E-state index contributed by atoms with van der Waals surface area (Å²) in [7, 11) is 0.